The Kier molecular flexibility index (Phi) is 4.52. The van der Waals surface area contributed by atoms with Gasteiger partial charge in [-0.05, 0) is 49.8 Å². The van der Waals surface area contributed by atoms with Crippen LogP contribution in [0.2, 0.25) is 5.02 Å². The summed E-state index contributed by atoms with van der Waals surface area (Å²) in [5.41, 5.74) is 3.81. The highest BCUT2D eigenvalue weighted by molar-refractivity contribution is 6.32. The first kappa shape index (κ1) is 13.7. The molecule has 18 heavy (non-hydrogen) atoms. The number of benzene rings is 1. The number of aliphatic hydroxyl groups is 1. The molecule has 0 fully saturated rings. The van der Waals surface area contributed by atoms with E-state index >= 15 is 0 Å². The number of fused-ring (bicyclic) bond motifs is 1. The zero-order valence-electron chi connectivity index (χ0n) is 11.1. The van der Waals surface area contributed by atoms with Crippen molar-refractivity contribution in [2.45, 2.75) is 51.6 Å². The van der Waals surface area contributed by atoms with Crippen molar-refractivity contribution in [1.82, 2.24) is 0 Å². The van der Waals surface area contributed by atoms with Crippen molar-refractivity contribution in [3.05, 3.63) is 27.8 Å². The van der Waals surface area contributed by atoms with Gasteiger partial charge in [0.2, 0.25) is 0 Å². The summed E-state index contributed by atoms with van der Waals surface area (Å²) in [5, 5.41) is 10.4. The van der Waals surface area contributed by atoms with Gasteiger partial charge < -0.3 is 9.84 Å². The number of halogens is 1. The first-order valence-corrected chi connectivity index (χ1v) is 7.06. The molecule has 1 aliphatic rings. The van der Waals surface area contributed by atoms with Gasteiger partial charge in [-0.1, -0.05) is 18.0 Å². The molecular formula is C15H21ClO2. The zero-order valence-corrected chi connectivity index (χ0v) is 11.9. The van der Waals surface area contributed by atoms with E-state index in [-0.39, 0.29) is 6.10 Å². The summed E-state index contributed by atoms with van der Waals surface area (Å²) < 4.78 is 5.44. The van der Waals surface area contributed by atoms with E-state index in [1.54, 1.807) is 7.11 Å². The van der Waals surface area contributed by atoms with Crippen LogP contribution in [0.3, 0.4) is 0 Å². The van der Waals surface area contributed by atoms with Crippen molar-refractivity contribution in [1.29, 1.82) is 0 Å². The van der Waals surface area contributed by atoms with Gasteiger partial charge in [-0.15, -0.1) is 0 Å². The van der Waals surface area contributed by atoms with Gasteiger partial charge in [-0.2, -0.15) is 0 Å². The van der Waals surface area contributed by atoms with Crippen molar-refractivity contribution in [3.63, 3.8) is 0 Å². The number of ether oxygens (including phenoxy) is 1. The maximum atomic E-state index is 9.69. The molecule has 0 saturated carbocycles. The van der Waals surface area contributed by atoms with Crippen molar-refractivity contribution in [3.8, 4) is 5.75 Å². The molecule has 0 aromatic heterocycles. The minimum Gasteiger partial charge on any atom is -0.495 e. The lowest BCUT2D eigenvalue weighted by Crippen LogP contribution is -2.10. The smallest absolute Gasteiger partial charge is 0.141 e. The summed E-state index contributed by atoms with van der Waals surface area (Å²) in [6.07, 6.45) is 6.12. The molecule has 3 heteroatoms. The Hall–Kier alpha value is -0.730. The van der Waals surface area contributed by atoms with Crippen LogP contribution in [0.25, 0.3) is 0 Å². The summed E-state index contributed by atoms with van der Waals surface area (Å²) in [7, 11) is 1.65. The van der Waals surface area contributed by atoms with Crippen LogP contribution in [0.5, 0.6) is 5.75 Å². The summed E-state index contributed by atoms with van der Waals surface area (Å²) in [6.45, 7) is 1.81. The van der Waals surface area contributed by atoms with E-state index in [1.165, 1.54) is 30.4 Å². The number of methoxy groups -OCH3 is 1. The second kappa shape index (κ2) is 5.94. The Balaban J connectivity index is 2.53. The van der Waals surface area contributed by atoms with E-state index in [1.807, 2.05) is 13.0 Å². The molecule has 1 aromatic rings. The predicted molar refractivity (Wildman–Crippen MR) is 74.6 cm³/mol. The highest BCUT2D eigenvalue weighted by Crippen LogP contribution is 2.37. The zero-order chi connectivity index (χ0) is 13.1. The molecule has 2 nitrogen and oxygen atoms in total. The quantitative estimate of drug-likeness (QED) is 0.850. The van der Waals surface area contributed by atoms with Gasteiger partial charge in [-0.3, -0.25) is 0 Å². The third kappa shape index (κ3) is 2.81. The van der Waals surface area contributed by atoms with E-state index in [2.05, 4.69) is 0 Å². The third-order valence-corrected chi connectivity index (χ3v) is 3.90. The molecule has 2 rings (SSSR count). The van der Waals surface area contributed by atoms with Crippen molar-refractivity contribution in [2.75, 3.05) is 7.11 Å². The van der Waals surface area contributed by atoms with Crippen LogP contribution < -0.4 is 4.74 Å². The molecule has 1 N–H and O–H groups in total. The fourth-order valence-corrected chi connectivity index (χ4v) is 3.16. The lowest BCUT2D eigenvalue weighted by molar-refractivity contribution is 0.194. The van der Waals surface area contributed by atoms with Crippen molar-refractivity contribution >= 4 is 11.6 Å². The Morgan fingerprint density at radius 1 is 1.33 bits per heavy atom. The number of hydrogen-bond acceptors (Lipinski definition) is 2. The monoisotopic (exact) mass is 268 g/mol. The Bertz CT molecular complexity index is 427. The van der Waals surface area contributed by atoms with E-state index < -0.39 is 0 Å². The molecule has 1 unspecified atom stereocenters. The van der Waals surface area contributed by atoms with Gasteiger partial charge in [0.05, 0.1) is 18.2 Å². The Morgan fingerprint density at radius 3 is 2.72 bits per heavy atom. The molecule has 1 aromatic carbocycles. The van der Waals surface area contributed by atoms with Crippen LogP contribution in [0.15, 0.2) is 6.07 Å². The van der Waals surface area contributed by atoms with E-state index in [9.17, 15) is 5.11 Å². The fraction of sp³-hybridized carbons (Fsp3) is 0.600. The maximum Gasteiger partial charge on any atom is 0.141 e. The van der Waals surface area contributed by atoms with Gasteiger partial charge in [0.25, 0.3) is 0 Å². The standard InChI is InChI=1S/C15H21ClO2/c1-10(17)8-13-12-7-5-3-4-6-11(12)9-14(16)15(13)18-2/h9-10,17H,3-8H2,1-2H3. The van der Waals surface area contributed by atoms with Crippen molar-refractivity contribution < 1.29 is 9.84 Å². The second-order valence-corrected chi connectivity index (χ2v) is 5.53. The van der Waals surface area contributed by atoms with Gasteiger partial charge in [0.1, 0.15) is 5.75 Å². The van der Waals surface area contributed by atoms with Crippen LogP contribution in [0.4, 0.5) is 0 Å². The van der Waals surface area contributed by atoms with E-state index in [4.69, 9.17) is 16.3 Å². The third-order valence-electron chi connectivity index (χ3n) is 3.62. The molecule has 0 spiro atoms. The average molecular weight is 269 g/mol. The van der Waals surface area contributed by atoms with Crippen LogP contribution in [-0.4, -0.2) is 18.3 Å². The highest BCUT2D eigenvalue weighted by atomic mass is 35.5. The van der Waals surface area contributed by atoms with Gasteiger partial charge >= 0.3 is 0 Å². The summed E-state index contributed by atoms with van der Waals surface area (Å²) in [6, 6.07) is 2.05. The molecule has 0 amide bonds. The lowest BCUT2D eigenvalue weighted by Gasteiger charge is -2.19. The first-order valence-electron chi connectivity index (χ1n) is 6.68. The number of aliphatic hydroxyl groups excluding tert-OH is 1. The first-order chi connectivity index (χ1) is 8.63. The molecule has 0 bridgehead atoms. The predicted octanol–water partition coefficient (Wildman–Crippen LogP) is 3.54. The minimum absolute atomic E-state index is 0.371. The highest BCUT2D eigenvalue weighted by Gasteiger charge is 2.20. The SMILES string of the molecule is COc1c(Cl)cc2c(c1CC(C)O)CCCCC2. The summed E-state index contributed by atoms with van der Waals surface area (Å²) >= 11 is 6.30. The molecular weight excluding hydrogens is 248 g/mol. The van der Waals surface area contributed by atoms with Gasteiger partial charge in [0.15, 0.2) is 0 Å². The molecule has 0 aliphatic heterocycles. The van der Waals surface area contributed by atoms with Crippen LogP contribution in [-0.2, 0) is 19.3 Å². The topological polar surface area (TPSA) is 29.5 Å². The van der Waals surface area contributed by atoms with E-state index in [0.717, 1.165) is 24.2 Å². The summed E-state index contributed by atoms with van der Waals surface area (Å²) in [4.78, 5) is 0. The molecule has 1 atom stereocenters. The van der Waals surface area contributed by atoms with E-state index in [0.29, 0.717) is 11.4 Å². The number of aryl methyl sites for hydroxylation is 1. The molecule has 100 valence electrons. The Labute approximate surface area is 114 Å². The lowest BCUT2D eigenvalue weighted by atomic mass is 9.93. The summed E-state index contributed by atoms with van der Waals surface area (Å²) in [5.74, 6) is 0.748. The second-order valence-electron chi connectivity index (χ2n) is 5.12. The molecule has 0 radical (unpaired) electrons. The van der Waals surface area contributed by atoms with Gasteiger partial charge in [0, 0.05) is 12.0 Å². The minimum atomic E-state index is -0.371. The number of hydrogen-bond donors (Lipinski definition) is 1. The number of rotatable bonds is 3. The largest absolute Gasteiger partial charge is 0.495 e. The Morgan fingerprint density at radius 2 is 2.06 bits per heavy atom. The molecule has 0 heterocycles. The van der Waals surface area contributed by atoms with Gasteiger partial charge in [-0.25, -0.2) is 0 Å². The van der Waals surface area contributed by atoms with Crippen LogP contribution >= 0.6 is 11.6 Å². The van der Waals surface area contributed by atoms with Crippen LogP contribution in [0.1, 0.15) is 42.9 Å². The fourth-order valence-electron chi connectivity index (χ4n) is 2.84. The maximum absolute atomic E-state index is 9.69. The average Bonchev–Trinajstić information content (AvgIpc) is 2.53. The van der Waals surface area contributed by atoms with Crippen LogP contribution in [0, 0.1) is 0 Å². The molecule has 0 saturated heterocycles. The normalized spacial score (nSPS) is 16.9. The van der Waals surface area contributed by atoms with Crippen molar-refractivity contribution in [2.24, 2.45) is 0 Å². The molecule has 1 aliphatic carbocycles.